The number of nitrogens with one attached hydrogen (secondary N) is 2. The third-order valence-corrected chi connectivity index (χ3v) is 4.65. The van der Waals surface area contributed by atoms with Crippen LogP contribution in [0, 0.1) is 12.8 Å². The van der Waals surface area contributed by atoms with Crippen LogP contribution in [0.25, 0.3) is 5.65 Å². The van der Waals surface area contributed by atoms with Gasteiger partial charge in [-0.1, -0.05) is 6.07 Å². The van der Waals surface area contributed by atoms with Crippen LogP contribution >= 0.6 is 0 Å². The summed E-state index contributed by atoms with van der Waals surface area (Å²) in [7, 11) is 0. The Morgan fingerprint density at radius 1 is 1.32 bits per heavy atom. The van der Waals surface area contributed by atoms with Crippen LogP contribution in [0.2, 0.25) is 0 Å². The number of H-pyrrole nitrogens is 1. The van der Waals surface area contributed by atoms with E-state index in [0.717, 1.165) is 49.8 Å². The van der Waals surface area contributed by atoms with Crippen molar-refractivity contribution >= 4 is 11.5 Å². The lowest BCUT2D eigenvalue weighted by Gasteiger charge is -2.16. The van der Waals surface area contributed by atoms with E-state index in [-0.39, 0.29) is 5.56 Å². The van der Waals surface area contributed by atoms with Gasteiger partial charge in [0.05, 0.1) is 5.69 Å². The number of likely N-dealkylation sites (tertiary alicyclic amines) is 1. The fourth-order valence-corrected chi connectivity index (χ4v) is 3.40. The molecule has 2 N–H and O–H groups in total. The summed E-state index contributed by atoms with van der Waals surface area (Å²) in [5, 5.41) is 6.30. The molecule has 0 bridgehead atoms. The number of fused-ring (bicyclic) bond motifs is 1. The van der Waals surface area contributed by atoms with Crippen LogP contribution in [-0.4, -0.2) is 44.1 Å². The average Bonchev–Trinajstić information content (AvgIpc) is 3.22. The number of aryl methyl sites for hydroxylation is 1. The van der Waals surface area contributed by atoms with Gasteiger partial charge in [0.25, 0.3) is 5.56 Å². The number of nitrogens with zero attached hydrogens (tertiary/aromatic N) is 4. The highest BCUT2D eigenvalue weighted by molar-refractivity contribution is 5.36. The Balaban J connectivity index is 1.34. The summed E-state index contributed by atoms with van der Waals surface area (Å²) in [5.74, 6) is 1.52. The second-order valence-electron chi connectivity index (χ2n) is 6.68. The molecule has 4 rings (SSSR count). The Kier molecular flexibility index (Phi) is 4.23. The van der Waals surface area contributed by atoms with Gasteiger partial charge in [0.2, 0.25) is 0 Å². The van der Waals surface area contributed by atoms with Crippen LogP contribution in [0.5, 0.6) is 0 Å². The summed E-state index contributed by atoms with van der Waals surface area (Å²) < 4.78 is 1.45. The summed E-state index contributed by atoms with van der Waals surface area (Å²) in [4.78, 5) is 23.4. The first kappa shape index (κ1) is 15.8. The zero-order chi connectivity index (χ0) is 17.2. The fourth-order valence-electron chi connectivity index (χ4n) is 3.40. The van der Waals surface area contributed by atoms with E-state index in [1.807, 2.05) is 31.2 Å². The molecular weight excluding hydrogens is 316 g/mol. The summed E-state index contributed by atoms with van der Waals surface area (Å²) >= 11 is 0. The van der Waals surface area contributed by atoms with Gasteiger partial charge >= 0.3 is 0 Å². The number of hydrogen-bond acceptors (Lipinski definition) is 5. The van der Waals surface area contributed by atoms with Gasteiger partial charge in [-0.05, 0) is 37.9 Å². The van der Waals surface area contributed by atoms with E-state index in [1.54, 1.807) is 12.3 Å². The first-order chi connectivity index (χ1) is 12.2. The van der Waals surface area contributed by atoms with E-state index < -0.39 is 0 Å². The van der Waals surface area contributed by atoms with Crippen molar-refractivity contribution in [3.8, 4) is 0 Å². The van der Waals surface area contributed by atoms with Gasteiger partial charge in [-0.2, -0.15) is 0 Å². The minimum Gasteiger partial charge on any atom is -0.370 e. The van der Waals surface area contributed by atoms with Crippen LogP contribution in [0.1, 0.15) is 17.8 Å². The van der Waals surface area contributed by atoms with Crippen molar-refractivity contribution in [3.63, 3.8) is 0 Å². The molecule has 1 unspecified atom stereocenters. The third kappa shape index (κ3) is 3.56. The fraction of sp³-hybridized carbons (Fsp3) is 0.389. The Bertz CT molecular complexity index is 930. The molecule has 0 saturated carbocycles. The van der Waals surface area contributed by atoms with Crippen LogP contribution < -0.4 is 10.9 Å². The number of aromatic amines is 1. The highest BCUT2D eigenvalue weighted by atomic mass is 16.1. The van der Waals surface area contributed by atoms with Crippen molar-refractivity contribution < 1.29 is 0 Å². The maximum atomic E-state index is 12.0. The molecule has 25 heavy (non-hydrogen) atoms. The van der Waals surface area contributed by atoms with Crippen molar-refractivity contribution in [1.29, 1.82) is 0 Å². The Morgan fingerprint density at radius 3 is 3.12 bits per heavy atom. The number of hydrogen-bond donors (Lipinski definition) is 2. The lowest BCUT2D eigenvalue weighted by Crippen LogP contribution is -2.25. The molecule has 0 aliphatic carbocycles. The van der Waals surface area contributed by atoms with Gasteiger partial charge in [0.1, 0.15) is 5.82 Å². The Hall–Kier alpha value is -2.67. The second kappa shape index (κ2) is 6.68. The normalized spacial score (nSPS) is 18.0. The van der Waals surface area contributed by atoms with Gasteiger partial charge in [-0.25, -0.2) is 14.5 Å². The Labute approximate surface area is 145 Å². The summed E-state index contributed by atoms with van der Waals surface area (Å²) in [6, 6.07) is 9.46. The summed E-state index contributed by atoms with van der Waals surface area (Å²) in [6.07, 6.45) is 2.87. The Morgan fingerprint density at radius 2 is 2.24 bits per heavy atom. The summed E-state index contributed by atoms with van der Waals surface area (Å²) in [6.45, 7) is 5.67. The molecule has 1 atom stereocenters. The number of rotatable bonds is 5. The zero-order valence-corrected chi connectivity index (χ0v) is 14.3. The third-order valence-electron chi connectivity index (χ3n) is 4.65. The van der Waals surface area contributed by atoms with Crippen molar-refractivity contribution in [2.45, 2.75) is 19.9 Å². The van der Waals surface area contributed by atoms with E-state index in [0.29, 0.717) is 11.6 Å². The molecule has 0 amide bonds. The number of anilines is 1. The van der Waals surface area contributed by atoms with E-state index in [2.05, 4.69) is 25.3 Å². The van der Waals surface area contributed by atoms with Gasteiger partial charge < -0.3 is 5.32 Å². The van der Waals surface area contributed by atoms with E-state index in [4.69, 9.17) is 0 Å². The molecule has 130 valence electrons. The number of aromatic nitrogens is 4. The monoisotopic (exact) mass is 338 g/mol. The minimum absolute atomic E-state index is 0.0621. The maximum absolute atomic E-state index is 12.0. The van der Waals surface area contributed by atoms with E-state index >= 15 is 0 Å². The van der Waals surface area contributed by atoms with Crippen LogP contribution in [0.15, 0.2) is 41.3 Å². The number of pyridine rings is 1. The molecule has 4 heterocycles. The van der Waals surface area contributed by atoms with Crippen LogP contribution in [-0.2, 0) is 6.54 Å². The topological polar surface area (TPSA) is 78.3 Å². The zero-order valence-electron chi connectivity index (χ0n) is 14.3. The quantitative estimate of drug-likeness (QED) is 0.740. The second-order valence-corrected chi connectivity index (χ2v) is 6.68. The molecule has 1 saturated heterocycles. The predicted octanol–water partition coefficient (Wildman–Crippen LogP) is 1.66. The molecule has 0 aromatic carbocycles. The molecule has 0 radical (unpaired) electrons. The summed E-state index contributed by atoms with van der Waals surface area (Å²) in [5.41, 5.74) is 2.47. The van der Waals surface area contributed by atoms with E-state index in [1.165, 1.54) is 4.52 Å². The van der Waals surface area contributed by atoms with Crippen LogP contribution in [0.3, 0.4) is 0 Å². The van der Waals surface area contributed by atoms with Crippen molar-refractivity contribution in [2.75, 3.05) is 25.0 Å². The van der Waals surface area contributed by atoms with Gasteiger partial charge in [0.15, 0.2) is 5.65 Å². The largest absolute Gasteiger partial charge is 0.370 e. The average molecular weight is 338 g/mol. The molecule has 0 spiro atoms. The molecule has 7 heteroatoms. The van der Waals surface area contributed by atoms with Crippen LogP contribution in [0.4, 0.5) is 5.82 Å². The molecule has 1 aliphatic heterocycles. The molecule has 1 fully saturated rings. The molecule has 3 aromatic heterocycles. The van der Waals surface area contributed by atoms with Gasteiger partial charge in [0, 0.05) is 43.7 Å². The molecule has 7 nitrogen and oxygen atoms in total. The first-order valence-corrected chi connectivity index (χ1v) is 8.63. The minimum atomic E-state index is -0.0621. The predicted molar refractivity (Wildman–Crippen MR) is 96.7 cm³/mol. The molecular formula is C18H22N6O. The lowest BCUT2D eigenvalue weighted by atomic mass is 10.1. The van der Waals surface area contributed by atoms with Crippen molar-refractivity contribution in [2.24, 2.45) is 5.92 Å². The standard InChI is InChI=1S/C18H22N6O/c1-13-3-2-4-16(21-13)19-10-14-6-8-23(11-14)12-15-9-18(25)24-17(22-15)5-7-20-24/h2-5,7,9,14,20H,6,8,10-12H2,1H3,(H,19,21). The van der Waals surface area contributed by atoms with Crippen molar-refractivity contribution in [3.05, 3.63) is 58.3 Å². The highest BCUT2D eigenvalue weighted by Crippen LogP contribution is 2.18. The lowest BCUT2D eigenvalue weighted by molar-refractivity contribution is 0.315. The first-order valence-electron chi connectivity index (χ1n) is 8.63. The van der Waals surface area contributed by atoms with E-state index in [9.17, 15) is 4.79 Å². The SMILES string of the molecule is Cc1cccc(NCC2CCN(Cc3cc(=O)n4[nH]ccc4n3)C2)n1. The molecule has 3 aromatic rings. The highest BCUT2D eigenvalue weighted by Gasteiger charge is 2.23. The molecule has 1 aliphatic rings. The van der Waals surface area contributed by atoms with Gasteiger partial charge in [-0.3, -0.25) is 14.8 Å². The van der Waals surface area contributed by atoms with Crippen molar-refractivity contribution in [1.82, 2.24) is 24.5 Å². The smallest absolute Gasteiger partial charge is 0.272 e. The maximum Gasteiger partial charge on any atom is 0.272 e. The van der Waals surface area contributed by atoms with Gasteiger partial charge in [-0.15, -0.1) is 0 Å².